The van der Waals surface area contributed by atoms with Gasteiger partial charge in [-0.25, -0.2) is 13.2 Å². The SMILES string of the molecule is CNC(c1ccc(F)c(F)c1)c1c(F)cccc1Br. The molecule has 2 rings (SSSR count). The summed E-state index contributed by atoms with van der Waals surface area (Å²) in [7, 11) is 1.63. The first-order chi connectivity index (χ1) is 9.04. The average molecular weight is 330 g/mol. The van der Waals surface area contributed by atoms with Crippen LogP contribution in [0.25, 0.3) is 0 Å². The van der Waals surface area contributed by atoms with Crippen molar-refractivity contribution in [3.8, 4) is 0 Å². The first-order valence-corrected chi connectivity index (χ1v) is 6.40. The Balaban J connectivity index is 2.53. The molecule has 0 heterocycles. The lowest BCUT2D eigenvalue weighted by Crippen LogP contribution is -2.19. The van der Waals surface area contributed by atoms with Gasteiger partial charge in [-0.05, 0) is 36.9 Å². The van der Waals surface area contributed by atoms with E-state index in [1.165, 1.54) is 12.1 Å². The second-order valence-corrected chi connectivity index (χ2v) is 4.88. The zero-order valence-electron chi connectivity index (χ0n) is 10.1. The summed E-state index contributed by atoms with van der Waals surface area (Å²) in [5, 5.41) is 2.90. The number of halogens is 4. The number of nitrogens with one attached hydrogen (secondary N) is 1. The standard InChI is InChI=1S/C14H11BrF3N/c1-19-14(8-5-6-10(16)12(18)7-8)13-9(15)3-2-4-11(13)17/h2-7,14,19H,1H3. The number of rotatable bonds is 3. The molecule has 100 valence electrons. The lowest BCUT2D eigenvalue weighted by Gasteiger charge is -2.19. The maximum absolute atomic E-state index is 13.9. The Labute approximate surface area is 117 Å². The Kier molecular flexibility index (Phi) is 4.27. The van der Waals surface area contributed by atoms with Crippen LogP contribution >= 0.6 is 15.9 Å². The van der Waals surface area contributed by atoms with Gasteiger partial charge in [0.15, 0.2) is 11.6 Å². The van der Waals surface area contributed by atoms with Crippen LogP contribution in [0.3, 0.4) is 0 Å². The maximum atomic E-state index is 13.9. The molecular weight excluding hydrogens is 319 g/mol. The van der Waals surface area contributed by atoms with E-state index in [1.54, 1.807) is 19.2 Å². The zero-order chi connectivity index (χ0) is 14.0. The fraction of sp³-hybridized carbons (Fsp3) is 0.143. The number of hydrogen-bond acceptors (Lipinski definition) is 1. The van der Waals surface area contributed by atoms with Crippen LogP contribution in [0.1, 0.15) is 17.2 Å². The third kappa shape index (κ3) is 2.82. The van der Waals surface area contributed by atoms with Gasteiger partial charge in [-0.15, -0.1) is 0 Å². The van der Waals surface area contributed by atoms with Crippen molar-refractivity contribution >= 4 is 15.9 Å². The number of benzene rings is 2. The van der Waals surface area contributed by atoms with Gasteiger partial charge in [-0.1, -0.05) is 28.1 Å². The Morgan fingerprint density at radius 3 is 2.32 bits per heavy atom. The predicted molar refractivity (Wildman–Crippen MR) is 71.4 cm³/mol. The summed E-state index contributed by atoms with van der Waals surface area (Å²) < 4.78 is 40.7. The second kappa shape index (κ2) is 5.75. The molecule has 0 saturated heterocycles. The lowest BCUT2D eigenvalue weighted by atomic mass is 9.98. The van der Waals surface area contributed by atoms with Crippen LogP contribution < -0.4 is 5.32 Å². The summed E-state index contributed by atoms with van der Waals surface area (Å²) >= 11 is 3.27. The van der Waals surface area contributed by atoms with Crippen LogP contribution in [-0.4, -0.2) is 7.05 Å². The highest BCUT2D eigenvalue weighted by molar-refractivity contribution is 9.10. The third-order valence-corrected chi connectivity index (χ3v) is 3.55. The molecule has 0 fully saturated rings. The Morgan fingerprint density at radius 2 is 1.74 bits per heavy atom. The summed E-state index contributed by atoms with van der Waals surface area (Å²) in [4.78, 5) is 0. The average Bonchev–Trinajstić information content (AvgIpc) is 2.37. The molecule has 0 saturated carbocycles. The van der Waals surface area contributed by atoms with Crippen molar-refractivity contribution in [3.05, 3.63) is 69.4 Å². The Morgan fingerprint density at radius 1 is 1.00 bits per heavy atom. The Hall–Kier alpha value is -1.33. The van der Waals surface area contributed by atoms with Crippen molar-refractivity contribution < 1.29 is 13.2 Å². The summed E-state index contributed by atoms with van der Waals surface area (Å²) in [5.74, 6) is -2.30. The molecule has 5 heteroatoms. The van der Waals surface area contributed by atoms with Gasteiger partial charge in [0.1, 0.15) is 5.82 Å². The quantitative estimate of drug-likeness (QED) is 0.890. The molecule has 0 aliphatic carbocycles. The van der Waals surface area contributed by atoms with E-state index in [2.05, 4.69) is 21.2 Å². The van der Waals surface area contributed by atoms with Crippen molar-refractivity contribution in [3.63, 3.8) is 0 Å². The van der Waals surface area contributed by atoms with Gasteiger partial charge in [-0.2, -0.15) is 0 Å². The van der Waals surface area contributed by atoms with Gasteiger partial charge in [0.05, 0.1) is 6.04 Å². The minimum Gasteiger partial charge on any atom is -0.309 e. The van der Waals surface area contributed by atoms with Crippen molar-refractivity contribution in [2.75, 3.05) is 7.05 Å². The van der Waals surface area contributed by atoms with Crippen molar-refractivity contribution in [1.82, 2.24) is 5.32 Å². The fourth-order valence-corrected chi connectivity index (χ4v) is 2.53. The highest BCUT2D eigenvalue weighted by atomic mass is 79.9. The van der Waals surface area contributed by atoms with Gasteiger partial charge in [0.2, 0.25) is 0 Å². The van der Waals surface area contributed by atoms with Gasteiger partial charge in [-0.3, -0.25) is 0 Å². The monoisotopic (exact) mass is 329 g/mol. The topological polar surface area (TPSA) is 12.0 Å². The molecular formula is C14H11BrF3N. The predicted octanol–water partition coefficient (Wildman–Crippen LogP) is 4.18. The third-order valence-electron chi connectivity index (χ3n) is 2.85. The zero-order valence-corrected chi connectivity index (χ0v) is 11.6. The summed E-state index contributed by atoms with van der Waals surface area (Å²) in [6.07, 6.45) is 0. The van der Waals surface area contributed by atoms with Crippen LogP contribution in [-0.2, 0) is 0 Å². The highest BCUT2D eigenvalue weighted by Crippen LogP contribution is 2.31. The molecule has 0 aliphatic heterocycles. The summed E-state index contributed by atoms with van der Waals surface area (Å²) in [5.41, 5.74) is 0.809. The van der Waals surface area contributed by atoms with Crippen molar-refractivity contribution in [2.45, 2.75) is 6.04 Å². The van der Waals surface area contributed by atoms with Gasteiger partial charge in [0.25, 0.3) is 0 Å². The van der Waals surface area contributed by atoms with E-state index in [-0.39, 0.29) is 0 Å². The molecule has 0 aromatic heterocycles. The van der Waals surface area contributed by atoms with Crippen LogP contribution in [0.4, 0.5) is 13.2 Å². The van der Waals surface area contributed by atoms with E-state index >= 15 is 0 Å². The van der Waals surface area contributed by atoms with E-state index in [0.29, 0.717) is 15.6 Å². The minimum atomic E-state index is -0.954. The van der Waals surface area contributed by atoms with E-state index in [4.69, 9.17) is 0 Å². The molecule has 0 amide bonds. The van der Waals surface area contributed by atoms with E-state index in [0.717, 1.165) is 12.1 Å². The smallest absolute Gasteiger partial charge is 0.159 e. The molecule has 1 nitrogen and oxygen atoms in total. The fourth-order valence-electron chi connectivity index (χ4n) is 1.96. The van der Waals surface area contributed by atoms with Crippen LogP contribution in [0.15, 0.2) is 40.9 Å². The molecule has 0 radical (unpaired) electrons. The molecule has 2 aromatic rings. The number of hydrogen-bond donors (Lipinski definition) is 1. The molecule has 2 aromatic carbocycles. The molecule has 1 N–H and O–H groups in total. The summed E-state index contributed by atoms with van der Waals surface area (Å²) in [6, 6.07) is 7.55. The molecule has 0 spiro atoms. The lowest BCUT2D eigenvalue weighted by molar-refractivity contribution is 0.503. The van der Waals surface area contributed by atoms with Gasteiger partial charge in [0, 0.05) is 10.0 Å². The van der Waals surface area contributed by atoms with Crippen molar-refractivity contribution in [1.29, 1.82) is 0 Å². The van der Waals surface area contributed by atoms with Crippen LogP contribution in [0.2, 0.25) is 0 Å². The van der Waals surface area contributed by atoms with E-state index in [1.807, 2.05) is 0 Å². The molecule has 19 heavy (non-hydrogen) atoms. The summed E-state index contributed by atoms with van der Waals surface area (Å²) in [6.45, 7) is 0. The molecule has 1 unspecified atom stereocenters. The first-order valence-electron chi connectivity index (χ1n) is 5.60. The molecule has 0 aliphatic rings. The first kappa shape index (κ1) is 14.1. The van der Waals surface area contributed by atoms with E-state index in [9.17, 15) is 13.2 Å². The van der Waals surface area contributed by atoms with Crippen molar-refractivity contribution in [2.24, 2.45) is 0 Å². The van der Waals surface area contributed by atoms with E-state index < -0.39 is 23.5 Å². The molecule has 0 bridgehead atoms. The van der Waals surface area contributed by atoms with Crippen LogP contribution in [0.5, 0.6) is 0 Å². The van der Waals surface area contributed by atoms with Gasteiger partial charge >= 0.3 is 0 Å². The second-order valence-electron chi connectivity index (χ2n) is 4.03. The maximum Gasteiger partial charge on any atom is 0.159 e. The largest absolute Gasteiger partial charge is 0.309 e. The highest BCUT2D eigenvalue weighted by Gasteiger charge is 2.20. The Bertz CT molecular complexity index is 581. The minimum absolute atomic E-state index is 0.357. The normalized spacial score (nSPS) is 12.5. The molecule has 1 atom stereocenters. The van der Waals surface area contributed by atoms with Gasteiger partial charge < -0.3 is 5.32 Å². The van der Waals surface area contributed by atoms with Crippen LogP contribution in [0, 0.1) is 17.5 Å².